The quantitative estimate of drug-likeness (QED) is 0.754. The molecule has 0 unspecified atom stereocenters. The average molecular weight is 377 g/mol. The van der Waals surface area contributed by atoms with Gasteiger partial charge < -0.3 is 5.11 Å². The van der Waals surface area contributed by atoms with Crippen molar-refractivity contribution in [1.29, 1.82) is 0 Å². The van der Waals surface area contributed by atoms with Crippen molar-refractivity contribution in [3.63, 3.8) is 0 Å². The van der Waals surface area contributed by atoms with E-state index in [1.54, 1.807) is 10.9 Å². The highest BCUT2D eigenvalue weighted by Gasteiger charge is 2.26. The van der Waals surface area contributed by atoms with E-state index in [-0.39, 0.29) is 11.6 Å². The van der Waals surface area contributed by atoms with Crippen LogP contribution in [0, 0.1) is 20.8 Å². The Hall–Kier alpha value is -2.53. The Kier molecular flexibility index (Phi) is 5.02. The number of hydrogen-bond acceptors (Lipinski definition) is 4. The monoisotopic (exact) mass is 377 g/mol. The van der Waals surface area contributed by atoms with Gasteiger partial charge in [0.05, 0.1) is 29.4 Å². The first kappa shape index (κ1) is 18.8. The Morgan fingerprint density at radius 1 is 1.11 bits per heavy atom. The Morgan fingerprint density at radius 2 is 1.89 bits per heavy atom. The summed E-state index contributed by atoms with van der Waals surface area (Å²) in [7, 11) is 0. The summed E-state index contributed by atoms with van der Waals surface area (Å²) in [6.45, 7) is 6.09. The molecule has 2 atom stereocenters. The SMILES string of the molecule is Cc1ccc(Cc2cc3c(=O)n([C@@H]4CCCC[C@H]4O)cnc3c(C)c2C)cn1. The van der Waals surface area contributed by atoms with E-state index in [1.165, 1.54) is 0 Å². The Balaban J connectivity index is 1.81. The summed E-state index contributed by atoms with van der Waals surface area (Å²) in [6.07, 6.45) is 7.39. The fourth-order valence-corrected chi connectivity index (χ4v) is 4.27. The maximum absolute atomic E-state index is 13.3. The van der Waals surface area contributed by atoms with Crippen LogP contribution in [0.25, 0.3) is 10.9 Å². The first-order chi connectivity index (χ1) is 13.5. The topological polar surface area (TPSA) is 68.0 Å². The fourth-order valence-electron chi connectivity index (χ4n) is 4.27. The van der Waals surface area contributed by atoms with Gasteiger partial charge in [-0.25, -0.2) is 4.98 Å². The number of pyridine rings is 1. The van der Waals surface area contributed by atoms with Crippen LogP contribution in [0.1, 0.15) is 59.7 Å². The van der Waals surface area contributed by atoms with Gasteiger partial charge in [0.15, 0.2) is 0 Å². The number of nitrogens with zero attached hydrogens (tertiary/aromatic N) is 3. The second-order valence-corrected chi connectivity index (χ2v) is 8.04. The maximum Gasteiger partial charge on any atom is 0.261 e. The van der Waals surface area contributed by atoms with E-state index in [2.05, 4.69) is 23.0 Å². The Labute approximate surface area is 165 Å². The molecule has 1 aromatic carbocycles. The minimum Gasteiger partial charge on any atom is -0.391 e. The van der Waals surface area contributed by atoms with Gasteiger partial charge in [0.25, 0.3) is 5.56 Å². The highest BCUT2D eigenvalue weighted by atomic mass is 16.3. The standard InChI is InChI=1S/C23H27N3O2/c1-14-8-9-17(12-24-14)10-18-11-19-22(16(3)15(18)2)25-13-26(23(19)28)20-6-4-5-7-21(20)27/h8-9,11-13,20-21,27H,4-7,10H2,1-3H3/t20-,21-/m1/s1. The zero-order valence-electron chi connectivity index (χ0n) is 16.8. The summed E-state index contributed by atoms with van der Waals surface area (Å²) in [5.74, 6) is 0. The number of hydrogen-bond donors (Lipinski definition) is 1. The third kappa shape index (κ3) is 3.35. The molecule has 1 fully saturated rings. The van der Waals surface area contributed by atoms with Crippen LogP contribution in [0.2, 0.25) is 0 Å². The summed E-state index contributed by atoms with van der Waals surface area (Å²) in [5.41, 5.74) is 6.15. The molecule has 28 heavy (non-hydrogen) atoms. The number of rotatable bonds is 3. The van der Waals surface area contributed by atoms with Crippen molar-refractivity contribution in [1.82, 2.24) is 14.5 Å². The molecular weight excluding hydrogens is 350 g/mol. The Bertz CT molecular complexity index is 1070. The van der Waals surface area contributed by atoms with E-state index >= 15 is 0 Å². The lowest BCUT2D eigenvalue weighted by molar-refractivity contribution is 0.0735. The molecule has 5 heteroatoms. The van der Waals surface area contributed by atoms with Crippen LogP contribution in [-0.2, 0) is 6.42 Å². The lowest BCUT2D eigenvalue weighted by atomic mass is 9.92. The van der Waals surface area contributed by atoms with Crippen molar-refractivity contribution in [2.45, 2.75) is 65.0 Å². The molecule has 0 radical (unpaired) electrons. The molecule has 0 aliphatic heterocycles. The van der Waals surface area contributed by atoms with Crippen LogP contribution in [0.15, 0.2) is 35.5 Å². The van der Waals surface area contributed by atoms with Crippen LogP contribution >= 0.6 is 0 Å². The lowest BCUT2D eigenvalue weighted by Crippen LogP contribution is -2.34. The number of aryl methyl sites for hydroxylation is 2. The number of aromatic nitrogens is 3. The smallest absolute Gasteiger partial charge is 0.261 e. The summed E-state index contributed by atoms with van der Waals surface area (Å²) in [6, 6.07) is 5.90. The van der Waals surface area contributed by atoms with Crippen molar-refractivity contribution in [2.24, 2.45) is 0 Å². The molecular formula is C23H27N3O2. The molecule has 4 rings (SSSR count). The summed E-state index contributed by atoms with van der Waals surface area (Å²) in [4.78, 5) is 22.3. The highest BCUT2D eigenvalue weighted by molar-refractivity contribution is 5.83. The molecule has 0 spiro atoms. The maximum atomic E-state index is 13.3. The van der Waals surface area contributed by atoms with Gasteiger partial charge in [0.1, 0.15) is 0 Å². The molecule has 1 saturated carbocycles. The molecule has 2 heterocycles. The van der Waals surface area contributed by atoms with E-state index in [1.807, 2.05) is 32.2 Å². The number of benzene rings is 1. The van der Waals surface area contributed by atoms with Gasteiger partial charge in [-0.3, -0.25) is 14.3 Å². The van der Waals surface area contributed by atoms with Gasteiger partial charge in [-0.2, -0.15) is 0 Å². The molecule has 146 valence electrons. The van der Waals surface area contributed by atoms with Gasteiger partial charge in [-0.15, -0.1) is 0 Å². The molecule has 2 aromatic heterocycles. The van der Waals surface area contributed by atoms with Gasteiger partial charge in [-0.1, -0.05) is 18.9 Å². The van der Waals surface area contributed by atoms with Gasteiger partial charge in [-0.05, 0) is 74.4 Å². The Morgan fingerprint density at radius 3 is 2.61 bits per heavy atom. The third-order valence-corrected chi connectivity index (χ3v) is 6.17. The highest BCUT2D eigenvalue weighted by Crippen LogP contribution is 2.29. The van der Waals surface area contributed by atoms with Gasteiger partial charge in [0, 0.05) is 11.9 Å². The van der Waals surface area contributed by atoms with E-state index in [4.69, 9.17) is 0 Å². The molecule has 5 nitrogen and oxygen atoms in total. The molecule has 1 aliphatic carbocycles. The predicted octanol–water partition coefficient (Wildman–Crippen LogP) is 3.78. The fraction of sp³-hybridized carbons (Fsp3) is 0.435. The van der Waals surface area contributed by atoms with E-state index in [0.29, 0.717) is 5.39 Å². The summed E-state index contributed by atoms with van der Waals surface area (Å²) >= 11 is 0. The summed E-state index contributed by atoms with van der Waals surface area (Å²) < 4.78 is 1.65. The molecule has 1 aliphatic rings. The normalized spacial score (nSPS) is 19.9. The largest absolute Gasteiger partial charge is 0.391 e. The van der Waals surface area contributed by atoms with Crippen molar-refractivity contribution in [3.05, 3.63) is 69.0 Å². The number of aliphatic hydroxyl groups excluding tert-OH is 1. The van der Waals surface area contributed by atoms with Crippen molar-refractivity contribution in [3.8, 4) is 0 Å². The third-order valence-electron chi connectivity index (χ3n) is 6.17. The van der Waals surface area contributed by atoms with Crippen LogP contribution in [0.3, 0.4) is 0 Å². The minimum absolute atomic E-state index is 0.0534. The first-order valence-corrected chi connectivity index (χ1v) is 10.0. The second kappa shape index (κ2) is 7.47. The lowest BCUT2D eigenvalue weighted by Gasteiger charge is -2.29. The van der Waals surface area contributed by atoms with Gasteiger partial charge >= 0.3 is 0 Å². The summed E-state index contributed by atoms with van der Waals surface area (Å²) in [5, 5.41) is 11.0. The average Bonchev–Trinajstić information content (AvgIpc) is 2.69. The van der Waals surface area contributed by atoms with Crippen LogP contribution in [-0.4, -0.2) is 25.7 Å². The first-order valence-electron chi connectivity index (χ1n) is 10.0. The molecule has 0 bridgehead atoms. The zero-order chi connectivity index (χ0) is 19.8. The molecule has 1 N–H and O–H groups in total. The van der Waals surface area contributed by atoms with E-state index in [0.717, 1.165) is 65.6 Å². The number of aliphatic hydroxyl groups is 1. The van der Waals surface area contributed by atoms with E-state index in [9.17, 15) is 9.90 Å². The van der Waals surface area contributed by atoms with Crippen molar-refractivity contribution >= 4 is 10.9 Å². The number of fused-ring (bicyclic) bond motifs is 1. The minimum atomic E-state index is -0.477. The zero-order valence-corrected chi connectivity index (χ0v) is 16.8. The van der Waals surface area contributed by atoms with Crippen LogP contribution in [0.4, 0.5) is 0 Å². The van der Waals surface area contributed by atoms with Gasteiger partial charge in [0.2, 0.25) is 0 Å². The molecule has 0 saturated heterocycles. The van der Waals surface area contributed by atoms with Crippen LogP contribution < -0.4 is 5.56 Å². The van der Waals surface area contributed by atoms with E-state index < -0.39 is 6.10 Å². The predicted molar refractivity (Wildman–Crippen MR) is 111 cm³/mol. The molecule has 0 amide bonds. The second-order valence-electron chi connectivity index (χ2n) is 8.04. The van der Waals surface area contributed by atoms with Crippen molar-refractivity contribution < 1.29 is 5.11 Å². The molecule has 3 aromatic rings. The van der Waals surface area contributed by atoms with Crippen LogP contribution in [0.5, 0.6) is 0 Å². The van der Waals surface area contributed by atoms with Crippen molar-refractivity contribution in [2.75, 3.05) is 0 Å².